The van der Waals surface area contributed by atoms with Crippen molar-refractivity contribution in [3.63, 3.8) is 0 Å². The summed E-state index contributed by atoms with van der Waals surface area (Å²) in [4.78, 5) is 0. The molecule has 2 nitrogen and oxygen atoms in total. The summed E-state index contributed by atoms with van der Waals surface area (Å²) in [5.41, 5.74) is 8.91. The Morgan fingerprint density at radius 3 is 2.06 bits per heavy atom. The highest BCUT2D eigenvalue weighted by molar-refractivity contribution is 5.27. The van der Waals surface area contributed by atoms with Gasteiger partial charge in [0, 0.05) is 18.6 Å². The third-order valence-corrected chi connectivity index (χ3v) is 3.49. The van der Waals surface area contributed by atoms with Crippen LogP contribution < -0.4 is 11.1 Å². The lowest BCUT2D eigenvalue weighted by Gasteiger charge is -2.23. The average molecular weight is 248 g/mol. The molecule has 1 rings (SSSR count). The third kappa shape index (κ3) is 4.79. The second-order valence-electron chi connectivity index (χ2n) is 6.56. The van der Waals surface area contributed by atoms with Crippen LogP contribution in [0, 0.1) is 0 Å². The molecule has 0 amide bonds. The van der Waals surface area contributed by atoms with E-state index in [2.05, 4.69) is 64.2 Å². The number of rotatable bonds is 5. The van der Waals surface area contributed by atoms with Gasteiger partial charge >= 0.3 is 0 Å². The molecule has 0 saturated carbocycles. The van der Waals surface area contributed by atoms with E-state index in [1.54, 1.807) is 0 Å². The van der Waals surface area contributed by atoms with E-state index >= 15 is 0 Å². The average Bonchev–Trinajstić information content (AvgIpc) is 2.28. The van der Waals surface area contributed by atoms with Gasteiger partial charge in [0.25, 0.3) is 0 Å². The second-order valence-corrected chi connectivity index (χ2v) is 6.56. The van der Waals surface area contributed by atoms with Crippen LogP contribution in [0.5, 0.6) is 0 Å². The number of nitrogens with two attached hydrogens (primary N) is 1. The van der Waals surface area contributed by atoms with Crippen molar-refractivity contribution in [1.29, 1.82) is 0 Å². The molecule has 0 heterocycles. The van der Waals surface area contributed by atoms with Crippen molar-refractivity contribution in [1.82, 2.24) is 5.32 Å². The first kappa shape index (κ1) is 15.2. The van der Waals surface area contributed by atoms with Gasteiger partial charge in [-0.25, -0.2) is 0 Å². The molecule has 1 unspecified atom stereocenters. The standard InChI is InChI=1S/C16H28N2/c1-6-16(5,17)12-18-11-13-7-9-14(10-8-13)15(2,3)4/h7-10,18H,6,11-12,17H2,1-5H3. The smallest absolute Gasteiger partial charge is 0.0249 e. The summed E-state index contributed by atoms with van der Waals surface area (Å²) in [6, 6.07) is 8.84. The quantitative estimate of drug-likeness (QED) is 0.840. The summed E-state index contributed by atoms with van der Waals surface area (Å²) in [5, 5.41) is 3.43. The van der Waals surface area contributed by atoms with Crippen molar-refractivity contribution < 1.29 is 0 Å². The molecule has 2 heteroatoms. The molecule has 1 aromatic rings. The first-order valence-electron chi connectivity index (χ1n) is 6.83. The molecule has 0 spiro atoms. The van der Waals surface area contributed by atoms with E-state index in [4.69, 9.17) is 5.73 Å². The summed E-state index contributed by atoms with van der Waals surface area (Å²) in [6.45, 7) is 12.7. The van der Waals surface area contributed by atoms with E-state index in [1.165, 1.54) is 11.1 Å². The highest BCUT2D eigenvalue weighted by Crippen LogP contribution is 2.22. The molecule has 0 bridgehead atoms. The molecule has 0 aliphatic rings. The normalized spacial score (nSPS) is 15.4. The minimum Gasteiger partial charge on any atom is -0.324 e. The summed E-state index contributed by atoms with van der Waals surface area (Å²) in [6.07, 6.45) is 0.989. The zero-order chi connectivity index (χ0) is 13.8. The molecule has 0 fully saturated rings. The molecule has 3 N–H and O–H groups in total. The van der Waals surface area contributed by atoms with Crippen LogP contribution in [0.2, 0.25) is 0 Å². The highest BCUT2D eigenvalue weighted by atomic mass is 14.9. The van der Waals surface area contributed by atoms with Gasteiger partial charge in [0.2, 0.25) is 0 Å². The number of hydrogen-bond acceptors (Lipinski definition) is 2. The fourth-order valence-electron chi connectivity index (χ4n) is 1.74. The molecule has 0 radical (unpaired) electrons. The SMILES string of the molecule is CCC(C)(N)CNCc1ccc(C(C)(C)C)cc1. The first-order chi connectivity index (χ1) is 8.24. The van der Waals surface area contributed by atoms with E-state index < -0.39 is 0 Å². The van der Waals surface area contributed by atoms with Gasteiger partial charge in [-0.15, -0.1) is 0 Å². The Morgan fingerprint density at radius 2 is 1.61 bits per heavy atom. The Kier molecular flexibility index (Phi) is 4.94. The van der Waals surface area contributed by atoms with Crippen LogP contribution in [-0.4, -0.2) is 12.1 Å². The van der Waals surface area contributed by atoms with Crippen LogP contribution in [0.15, 0.2) is 24.3 Å². The summed E-state index contributed by atoms with van der Waals surface area (Å²) in [5.74, 6) is 0. The summed E-state index contributed by atoms with van der Waals surface area (Å²) in [7, 11) is 0. The molecular formula is C16H28N2. The van der Waals surface area contributed by atoms with Crippen LogP contribution in [0.1, 0.15) is 52.2 Å². The van der Waals surface area contributed by atoms with Gasteiger partial charge in [-0.1, -0.05) is 52.0 Å². The summed E-state index contributed by atoms with van der Waals surface area (Å²) >= 11 is 0. The maximum Gasteiger partial charge on any atom is 0.0249 e. The molecule has 1 atom stereocenters. The Labute approximate surface area is 112 Å². The van der Waals surface area contributed by atoms with E-state index in [0.717, 1.165) is 19.5 Å². The molecule has 0 aromatic heterocycles. The van der Waals surface area contributed by atoms with Gasteiger partial charge in [0.05, 0.1) is 0 Å². The van der Waals surface area contributed by atoms with Crippen molar-refractivity contribution >= 4 is 0 Å². The maximum absolute atomic E-state index is 6.10. The minimum atomic E-state index is -0.106. The van der Waals surface area contributed by atoms with E-state index in [0.29, 0.717) is 0 Å². The lowest BCUT2D eigenvalue weighted by molar-refractivity contribution is 0.416. The van der Waals surface area contributed by atoms with Crippen molar-refractivity contribution in [2.45, 2.75) is 58.5 Å². The van der Waals surface area contributed by atoms with Crippen molar-refractivity contribution in [2.24, 2.45) is 5.73 Å². The molecular weight excluding hydrogens is 220 g/mol. The zero-order valence-corrected chi connectivity index (χ0v) is 12.5. The third-order valence-electron chi connectivity index (χ3n) is 3.49. The zero-order valence-electron chi connectivity index (χ0n) is 12.5. The molecule has 0 aliphatic carbocycles. The lowest BCUT2D eigenvalue weighted by Crippen LogP contribution is -2.45. The van der Waals surface area contributed by atoms with E-state index in [-0.39, 0.29) is 11.0 Å². The van der Waals surface area contributed by atoms with Crippen LogP contribution >= 0.6 is 0 Å². The van der Waals surface area contributed by atoms with Crippen LogP contribution in [0.3, 0.4) is 0 Å². The molecule has 0 saturated heterocycles. The predicted molar refractivity (Wildman–Crippen MR) is 79.7 cm³/mol. The van der Waals surface area contributed by atoms with Gasteiger partial charge in [-0.3, -0.25) is 0 Å². The van der Waals surface area contributed by atoms with Crippen molar-refractivity contribution in [3.05, 3.63) is 35.4 Å². The number of nitrogens with one attached hydrogen (secondary N) is 1. The molecule has 102 valence electrons. The highest BCUT2D eigenvalue weighted by Gasteiger charge is 2.15. The minimum absolute atomic E-state index is 0.106. The van der Waals surface area contributed by atoms with Crippen molar-refractivity contribution in [3.8, 4) is 0 Å². The van der Waals surface area contributed by atoms with Gasteiger partial charge < -0.3 is 11.1 Å². The Hall–Kier alpha value is -0.860. The van der Waals surface area contributed by atoms with E-state index in [1.807, 2.05) is 0 Å². The van der Waals surface area contributed by atoms with Gasteiger partial charge in [0.1, 0.15) is 0 Å². The summed E-state index contributed by atoms with van der Waals surface area (Å²) < 4.78 is 0. The van der Waals surface area contributed by atoms with Crippen LogP contribution in [0.25, 0.3) is 0 Å². The second kappa shape index (κ2) is 5.85. The molecule has 1 aromatic carbocycles. The number of hydrogen-bond donors (Lipinski definition) is 2. The molecule has 0 aliphatic heterocycles. The fraction of sp³-hybridized carbons (Fsp3) is 0.625. The van der Waals surface area contributed by atoms with Crippen LogP contribution in [-0.2, 0) is 12.0 Å². The fourth-order valence-corrected chi connectivity index (χ4v) is 1.74. The largest absolute Gasteiger partial charge is 0.324 e. The van der Waals surface area contributed by atoms with Gasteiger partial charge in [-0.05, 0) is 29.9 Å². The van der Waals surface area contributed by atoms with Gasteiger partial charge in [0.15, 0.2) is 0 Å². The Balaban J connectivity index is 2.50. The maximum atomic E-state index is 6.10. The van der Waals surface area contributed by atoms with Gasteiger partial charge in [-0.2, -0.15) is 0 Å². The predicted octanol–water partition coefficient (Wildman–Crippen LogP) is 3.20. The van der Waals surface area contributed by atoms with Crippen molar-refractivity contribution in [2.75, 3.05) is 6.54 Å². The topological polar surface area (TPSA) is 38.0 Å². The lowest BCUT2D eigenvalue weighted by atomic mass is 9.87. The Morgan fingerprint density at radius 1 is 1.06 bits per heavy atom. The Bertz CT molecular complexity index is 358. The van der Waals surface area contributed by atoms with E-state index in [9.17, 15) is 0 Å². The first-order valence-corrected chi connectivity index (χ1v) is 6.83. The van der Waals surface area contributed by atoms with Crippen LogP contribution in [0.4, 0.5) is 0 Å². The monoisotopic (exact) mass is 248 g/mol. The molecule has 18 heavy (non-hydrogen) atoms. The number of benzene rings is 1.